The molecule has 0 saturated carbocycles. The van der Waals surface area contributed by atoms with Gasteiger partial charge in [-0.2, -0.15) is 0 Å². The van der Waals surface area contributed by atoms with Crippen LogP contribution in [0.25, 0.3) is 10.9 Å². The van der Waals surface area contributed by atoms with E-state index >= 15 is 0 Å². The van der Waals surface area contributed by atoms with Gasteiger partial charge in [-0.3, -0.25) is 9.59 Å². The van der Waals surface area contributed by atoms with Crippen LogP contribution in [0.15, 0.2) is 9.59 Å². The summed E-state index contributed by atoms with van der Waals surface area (Å²) in [5.74, 6) is -4.69. The molecule has 2 aromatic rings. The maximum absolute atomic E-state index is 11.5. The first-order chi connectivity index (χ1) is 8.34. The highest BCUT2D eigenvalue weighted by atomic mass is 16.4. The minimum absolute atomic E-state index is 0.573. The van der Waals surface area contributed by atoms with Crippen LogP contribution in [0.4, 0.5) is 0 Å². The van der Waals surface area contributed by atoms with Gasteiger partial charge in [0.1, 0.15) is 10.9 Å². The topological polar surface area (TPSA) is 164 Å². The van der Waals surface area contributed by atoms with E-state index < -0.39 is 50.9 Å². The van der Waals surface area contributed by atoms with Gasteiger partial charge < -0.3 is 30.4 Å². The molecule has 0 amide bonds. The van der Waals surface area contributed by atoms with Gasteiger partial charge in [0.2, 0.25) is 5.75 Å². The Morgan fingerprint density at radius 3 is 2.06 bits per heavy atom. The molecule has 0 bridgehead atoms. The molecule has 0 aromatic carbocycles. The van der Waals surface area contributed by atoms with Crippen molar-refractivity contribution in [3.05, 3.63) is 26.4 Å². The Kier molecular flexibility index (Phi) is 2.25. The number of hydrogen-bond acceptors (Lipinski definition) is 6. The average molecular weight is 254 g/mol. The fourth-order valence-electron chi connectivity index (χ4n) is 1.49. The van der Waals surface area contributed by atoms with E-state index in [9.17, 15) is 24.6 Å². The maximum atomic E-state index is 11.5. The minimum Gasteiger partial charge on any atom is -0.504 e. The second-order valence-corrected chi connectivity index (χ2v) is 3.38. The summed E-state index contributed by atoms with van der Waals surface area (Å²) in [6.45, 7) is 0. The fraction of sp³-hybridized carbons (Fsp3) is 0. The third-order valence-electron chi connectivity index (χ3n) is 2.32. The molecule has 9 heteroatoms. The van der Waals surface area contributed by atoms with Gasteiger partial charge in [-0.1, -0.05) is 0 Å². The molecule has 0 spiro atoms. The third-order valence-corrected chi connectivity index (χ3v) is 2.32. The van der Waals surface area contributed by atoms with Crippen LogP contribution < -0.4 is 11.1 Å². The standard InChI is InChI=1S/C9H6N2O7/c12-4-1-2(10-8(16)6(4)14)5(13)3(9(17)18)11-7(1)15/h13-14H,(H,11,15)(H,17,18)(H2,10,12,16). The predicted octanol–water partition coefficient (Wildman–Crippen LogP) is -0.969. The lowest BCUT2D eigenvalue weighted by atomic mass is 10.2. The Morgan fingerprint density at radius 1 is 0.889 bits per heavy atom. The first-order valence-corrected chi connectivity index (χ1v) is 4.51. The van der Waals surface area contributed by atoms with Gasteiger partial charge in [0, 0.05) is 0 Å². The fourth-order valence-corrected chi connectivity index (χ4v) is 1.49. The smallest absolute Gasteiger partial charge is 0.356 e. The second kappa shape index (κ2) is 3.52. The van der Waals surface area contributed by atoms with Crippen LogP contribution in [0.3, 0.4) is 0 Å². The van der Waals surface area contributed by atoms with Gasteiger partial charge in [-0.15, -0.1) is 0 Å². The first kappa shape index (κ1) is 11.5. The molecule has 0 fully saturated rings. The summed E-state index contributed by atoms with van der Waals surface area (Å²) < 4.78 is 0. The molecule has 0 aliphatic carbocycles. The Morgan fingerprint density at radius 2 is 1.50 bits per heavy atom. The number of nitrogens with one attached hydrogen (secondary N) is 2. The van der Waals surface area contributed by atoms with Crippen molar-refractivity contribution < 1.29 is 25.2 Å². The lowest BCUT2D eigenvalue weighted by Crippen LogP contribution is -2.17. The number of hydrogen-bond donors (Lipinski definition) is 6. The van der Waals surface area contributed by atoms with Crippen molar-refractivity contribution in [1.82, 2.24) is 9.97 Å². The predicted molar refractivity (Wildman–Crippen MR) is 57.1 cm³/mol. The van der Waals surface area contributed by atoms with E-state index in [1.165, 1.54) is 0 Å². The summed E-state index contributed by atoms with van der Waals surface area (Å²) >= 11 is 0. The van der Waals surface area contributed by atoms with Crippen LogP contribution in [0.5, 0.6) is 17.2 Å². The highest BCUT2D eigenvalue weighted by Crippen LogP contribution is 2.31. The number of aromatic carboxylic acids is 1. The van der Waals surface area contributed by atoms with Gasteiger partial charge in [-0.05, 0) is 0 Å². The molecule has 0 aliphatic heterocycles. The number of carbonyl (C=O) groups is 1. The molecule has 2 rings (SSSR count). The lowest BCUT2D eigenvalue weighted by molar-refractivity contribution is 0.0687. The molecule has 18 heavy (non-hydrogen) atoms. The van der Waals surface area contributed by atoms with Gasteiger partial charge in [0.25, 0.3) is 11.1 Å². The van der Waals surface area contributed by atoms with E-state index in [0.29, 0.717) is 0 Å². The Hall–Kier alpha value is -2.97. The SMILES string of the molecule is O=C(O)c1[nH]c(=O)c2c(O)c(O)c(=O)[nH]c2c1O. The molecule has 0 aliphatic rings. The molecular formula is C9H6N2O7. The van der Waals surface area contributed by atoms with Crippen molar-refractivity contribution in [2.45, 2.75) is 0 Å². The van der Waals surface area contributed by atoms with Crippen LogP contribution in [-0.4, -0.2) is 36.4 Å². The summed E-state index contributed by atoms with van der Waals surface area (Å²) in [5.41, 5.74) is -3.66. The van der Waals surface area contributed by atoms with Crippen LogP contribution >= 0.6 is 0 Å². The Labute approximate surface area is 96.6 Å². The lowest BCUT2D eigenvalue weighted by Gasteiger charge is -2.06. The summed E-state index contributed by atoms with van der Waals surface area (Å²) in [4.78, 5) is 37.1. The molecule has 2 aromatic heterocycles. The number of fused-ring (bicyclic) bond motifs is 1. The summed E-state index contributed by atoms with van der Waals surface area (Å²) in [6, 6.07) is 0. The largest absolute Gasteiger partial charge is 0.504 e. The molecule has 0 unspecified atom stereocenters. The zero-order valence-corrected chi connectivity index (χ0v) is 8.51. The van der Waals surface area contributed by atoms with E-state index in [0.717, 1.165) is 0 Å². The summed E-state index contributed by atoms with van der Waals surface area (Å²) in [7, 11) is 0. The average Bonchev–Trinajstić information content (AvgIpc) is 2.29. The molecule has 0 radical (unpaired) electrons. The zero-order chi connectivity index (χ0) is 13.6. The van der Waals surface area contributed by atoms with Crippen LogP contribution in [0.2, 0.25) is 0 Å². The van der Waals surface area contributed by atoms with Gasteiger partial charge in [-0.25, -0.2) is 4.79 Å². The Bertz CT molecular complexity index is 786. The molecule has 2 heterocycles. The summed E-state index contributed by atoms with van der Waals surface area (Å²) in [6.07, 6.45) is 0. The van der Waals surface area contributed by atoms with Crippen molar-refractivity contribution in [1.29, 1.82) is 0 Å². The van der Waals surface area contributed by atoms with Crippen LogP contribution in [0.1, 0.15) is 10.5 Å². The number of aromatic amines is 2. The van der Waals surface area contributed by atoms with Crippen molar-refractivity contribution in [3.8, 4) is 17.2 Å². The number of aromatic nitrogens is 2. The molecule has 94 valence electrons. The van der Waals surface area contributed by atoms with E-state index in [-0.39, 0.29) is 0 Å². The Balaban J connectivity index is 3.13. The second-order valence-electron chi connectivity index (χ2n) is 3.38. The quantitative estimate of drug-likeness (QED) is 0.381. The third kappa shape index (κ3) is 1.38. The van der Waals surface area contributed by atoms with Crippen LogP contribution in [-0.2, 0) is 0 Å². The van der Waals surface area contributed by atoms with Crippen LogP contribution in [0, 0.1) is 0 Å². The molecule has 0 atom stereocenters. The van der Waals surface area contributed by atoms with E-state index in [4.69, 9.17) is 10.2 Å². The highest BCUT2D eigenvalue weighted by Gasteiger charge is 2.21. The van der Waals surface area contributed by atoms with Crippen molar-refractivity contribution in [2.24, 2.45) is 0 Å². The zero-order valence-electron chi connectivity index (χ0n) is 8.51. The minimum atomic E-state index is -1.63. The summed E-state index contributed by atoms with van der Waals surface area (Å²) in [5, 5.41) is 36.2. The molecule has 6 N–H and O–H groups in total. The molecule has 0 saturated heterocycles. The van der Waals surface area contributed by atoms with Gasteiger partial charge in [0.05, 0.1) is 0 Å². The number of aromatic hydroxyl groups is 3. The number of carboxylic acid groups (broad SMARTS) is 1. The monoisotopic (exact) mass is 254 g/mol. The maximum Gasteiger partial charge on any atom is 0.356 e. The van der Waals surface area contributed by atoms with E-state index in [2.05, 4.69) is 0 Å². The molecular weight excluding hydrogens is 248 g/mol. The first-order valence-electron chi connectivity index (χ1n) is 4.51. The van der Waals surface area contributed by atoms with E-state index in [1.54, 1.807) is 0 Å². The van der Waals surface area contributed by atoms with Crippen molar-refractivity contribution in [3.63, 3.8) is 0 Å². The number of H-pyrrole nitrogens is 2. The molecule has 9 nitrogen and oxygen atoms in total. The van der Waals surface area contributed by atoms with Crippen molar-refractivity contribution >= 4 is 16.9 Å². The number of carboxylic acids is 1. The van der Waals surface area contributed by atoms with Crippen molar-refractivity contribution in [2.75, 3.05) is 0 Å². The number of pyridine rings is 2. The highest BCUT2D eigenvalue weighted by molar-refractivity contribution is 5.98. The van der Waals surface area contributed by atoms with Gasteiger partial charge in [0.15, 0.2) is 17.2 Å². The van der Waals surface area contributed by atoms with E-state index in [1.807, 2.05) is 9.97 Å². The van der Waals surface area contributed by atoms with Gasteiger partial charge >= 0.3 is 5.97 Å². The number of rotatable bonds is 1. The normalized spacial score (nSPS) is 10.7.